The first kappa shape index (κ1) is 58.6. The maximum Gasteiger partial charge on any atom is 0.190 e. The van der Waals surface area contributed by atoms with Gasteiger partial charge in [-0.25, -0.2) is 0 Å². The van der Waals surface area contributed by atoms with E-state index in [0.717, 1.165) is 77.0 Å². The lowest BCUT2D eigenvalue weighted by Crippen LogP contribution is -2.63. The van der Waals surface area contributed by atoms with Crippen LogP contribution in [-0.4, -0.2) is 146 Å². The molecule has 78 heavy (non-hydrogen) atoms. The van der Waals surface area contributed by atoms with Gasteiger partial charge in [0.05, 0.1) is 42.7 Å². The molecule has 12 aliphatic rings. The molecule has 12 rings (SSSR count). The molecule has 0 spiro atoms. The van der Waals surface area contributed by atoms with Crippen molar-refractivity contribution in [3.63, 3.8) is 0 Å². The Morgan fingerprint density at radius 1 is 0.474 bits per heavy atom. The lowest BCUT2D eigenvalue weighted by Gasteiger charge is -2.61. The highest BCUT2D eigenvalue weighted by atomic mass is 16.4. The molecule has 436 valence electrons. The van der Waals surface area contributed by atoms with Crippen molar-refractivity contribution in [1.82, 2.24) is 0 Å². The van der Waals surface area contributed by atoms with Gasteiger partial charge in [0.1, 0.15) is 24.4 Å². The number of aliphatic hydroxyl groups is 11. The fourth-order valence-corrected chi connectivity index (χ4v) is 22.1. The third-order valence-electron chi connectivity index (χ3n) is 26.3. The average molecular weight is 1090 g/mol. The van der Waals surface area contributed by atoms with Crippen LogP contribution in [-0.2, 0) is 19.2 Å². The highest BCUT2D eigenvalue weighted by Gasteiger charge is 2.71. The van der Waals surface area contributed by atoms with E-state index in [4.69, 9.17) is 0 Å². The summed E-state index contributed by atoms with van der Waals surface area (Å²) in [5, 5.41) is 116. The molecule has 2 unspecified atom stereocenters. The van der Waals surface area contributed by atoms with Crippen molar-refractivity contribution in [2.45, 2.75) is 224 Å². The molecule has 9 fully saturated rings. The van der Waals surface area contributed by atoms with E-state index in [1.165, 1.54) is 16.7 Å². The molecule has 0 aliphatic heterocycles. The van der Waals surface area contributed by atoms with Crippen molar-refractivity contribution < 1.29 is 75.3 Å². The van der Waals surface area contributed by atoms with Crippen molar-refractivity contribution in [2.75, 3.05) is 19.8 Å². The number of hydrogen-bond acceptors (Lipinski definition) is 15. The molecule has 0 amide bonds. The van der Waals surface area contributed by atoms with Crippen molar-refractivity contribution in [3.8, 4) is 0 Å². The Labute approximate surface area is 461 Å². The number of Topliss-reactive ketones (excluding diaryl/α,β-unsaturated/α-hetero) is 1. The van der Waals surface area contributed by atoms with Crippen molar-refractivity contribution in [2.24, 2.45) is 85.8 Å². The van der Waals surface area contributed by atoms with Crippen LogP contribution in [0.25, 0.3) is 0 Å². The molecule has 0 radical (unpaired) electrons. The molecular weight excluding hydrogens is 997 g/mol. The quantitative estimate of drug-likeness (QED) is 0.168. The van der Waals surface area contributed by atoms with Gasteiger partial charge in [0.15, 0.2) is 23.1 Å². The van der Waals surface area contributed by atoms with Crippen LogP contribution in [0.4, 0.5) is 0 Å². The number of carbonyl (C=O) groups is 4. The second-order valence-corrected chi connectivity index (χ2v) is 29.0. The van der Waals surface area contributed by atoms with Crippen LogP contribution in [0.1, 0.15) is 176 Å². The second kappa shape index (κ2) is 20.1. The number of hydrogen-bond donors (Lipinski definition) is 11. The highest BCUT2D eigenvalue weighted by molar-refractivity contribution is 5.93. The molecule has 12 aliphatic carbocycles. The van der Waals surface area contributed by atoms with Crippen LogP contribution in [0.5, 0.6) is 0 Å². The average Bonchev–Trinajstić information content (AvgIpc) is 3.57. The first-order valence-electron chi connectivity index (χ1n) is 30.2. The number of allylic oxidation sites excluding steroid dienone is 3. The molecular formula is C63H94O15. The van der Waals surface area contributed by atoms with Gasteiger partial charge < -0.3 is 56.2 Å². The van der Waals surface area contributed by atoms with E-state index in [9.17, 15) is 75.3 Å². The monoisotopic (exact) mass is 1090 g/mol. The van der Waals surface area contributed by atoms with Gasteiger partial charge in [-0.15, -0.1) is 0 Å². The van der Waals surface area contributed by atoms with E-state index in [1.807, 2.05) is 32.9 Å². The summed E-state index contributed by atoms with van der Waals surface area (Å²) in [5.41, 5.74) is -3.03. The highest BCUT2D eigenvalue weighted by Crippen LogP contribution is 2.71. The summed E-state index contributed by atoms with van der Waals surface area (Å²) < 4.78 is 0. The minimum Gasteiger partial charge on any atom is -0.394 e. The van der Waals surface area contributed by atoms with Gasteiger partial charge in [0.2, 0.25) is 0 Å². The van der Waals surface area contributed by atoms with E-state index in [-0.39, 0.29) is 86.9 Å². The summed E-state index contributed by atoms with van der Waals surface area (Å²) in [5.74, 6) is 1.74. The molecule has 0 aromatic heterocycles. The van der Waals surface area contributed by atoms with E-state index >= 15 is 0 Å². The van der Waals surface area contributed by atoms with Crippen LogP contribution in [0.15, 0.2) is 34.9 Å². The summed E-state index contributed by atoms with van der Waals surface area (Å²) in [4.78, 5) is 48.1. The largest absolute Gasteiger partial charge is 0.394 e. The zero-order chi connectivity index (χ0) is 56.7. The number of carbonyl (C=O) groups excluding carboxylic acids is 4. The predicted molar refractivity (Wildman–Crippen MR) is 287 cm³/mol. The summed E-state index contributed by atoms with van der Waals surface area (Å²) in [7, 11) is 0. The van der Waals surface area contributed by atoms with Crippen LogP contribution in [0, 0.1) is 85.8 Å². The van der Waals surface area contributed by atoms with Gasteiger partial charge >= 0.3 is 0 Å². The summed E-state index contributed by atoms with van der Waals surface area (Å²) in [6.07, 6.45) is 15.6. The van der Waals surface area contributed by atoms with Crippen molar-refractivity contribution >= 4 is 23.1 Å². The van der Waals surface area contributed by atoms with Gasteiger partial charge in [0, 0.05) is 35.5 Å². The van der Waals surface area contributed by atoms with E-state index in [1.54, 1.807) is 6.08 Å². The predicted octanol–water partition coefficient (Wildman–Crippen LogP) is 4.93. The first-order valence-corrected chi connectivity index (χ1v) is 30.2. The number of ketones is 4. The summed E-state index contributed by atoms with van der Waals surface area (Å²) >= 11 is 0. The van der Waals surface area contributed by atoms with E-state index < -0.39 is 89.2 Å². The Kier molecular flexibility index (Phi) is 15.1. The Balaban J connectivity index is 0.000000132. The third-order valence-corrected chi connectivity index (χ3v) is 26.3. The molecule has 0 heterocycles. The van der Waals surface area contributed by atoms with Crippen LogP contribution >= 0.6 is 0 Å². The fourth-order valence-electron chi connectivity index (χ4n) is 22.1. The molecule has 0 aromatic carbocycles. The first-order chi connectivity index (χ1) is 36.5. The van der Waals surface area contributed by atoms with Gasteiger partial charge in [-0.3, -0.25) is 19.2 Å². The molecule has 0 saturated heterocycles. The Bertz CT molecular complexity index is 2390. The van der Waals surface area contributed by atoms with Crippen LogP contribution in [0.2, 0.25) is 0 Å². The zero-order valence-corrected chi connectivity index (χ0v) is 47.3. The molecule has 0 aromatic rings. The summed E-state index contributed by atoms with van der Waals surface area (Å²) in [6.45, 7) is 10.9. The van der Waals surface area contributed by atoms with Gasteiger partial charge in [-0.05, 0) is 203 Å². The standard InChI is InChI=1S/2C21H32O5.C21H30O5/c3*1-19-7-5-13(23)9-12(19)3-4-14-15-6-8-21(26,17(25)11-22)20(15,2)10-16(24)18(14)19/h2*9,14-18,22,24-26H,3-8,10-11H2,1-2H3;9,14-16,18,22,24,26H,3-8,10-11H2,1-2H3/t2*14-,15-,16-,17?,18+,19-,20-,21-;14-,15-,16-,18+,19-,20-,21-/m000/s1. The van der Waals surface area contributed by atoms with Crippen molar-refractivity contribution in [3.05, 3.63) is 34.9 Å². The minimum absolute atomic E-state index is 0.0697. The number of rotatable bonds is 6. The lowest BCUT2D eigenvalue weighted by atomic mass is 9.45. The van der Waals surface area contributed by atoms with E-state index in [2.05, 4.69) is 20.8 Å². The molecule has 11 N–H and O–H groups in total. The topological polar surface area (TPSA) is 291 Å². The fraction of sp³-hybridized carbons (Fsp3) is 0.841. The second-order valence-electron chi connectivity index (χ2n) is 29.0. The maximum absolute atomic E-state index is 12.4. The van der Waals surface area contributed by atoms with Gasteiger partial charge in [-0.1, -0.05) is 58.3 Å². The molecule has 15 heteroatoms. The molecule has 9 saturated carbocycles. The van der Waals surface area contributed by atoms with Crippen molar-refractivity contribution in [1.29, 1.82) is 0 Å². The zero-order valence-electron chi connectivity index (χ0n) is 47.3. The Morgan fingerprint density at radius 3 is 1.10 bits per heavy atom. The molecule has 0 bridgehead atoms. The Hall–Kier alpha value is -2.54. The maximum atomic E-state index is 12.4. The molecule has 15 nitrogen and oxygen atoms in total. The minimum atomic E-state index is -1.54. The molecule has 23 atom stereocenters. The van der Waals surface area contributed by atoms with Gasteiger partial charge in [0.25, 0.3) is 0 Å². The summed E-state index contributed by atoms with van der Waals surface area (Å²) in [6, 6.07) is 0. The number of aliphatic hydroxyl groups excluding tert-OH is 8. The normalized spacial score (nSPS) is 51.4. The van der Waals surface area contributed by atoms with E-state index in [0.29, 0.717) is 57.8 Å². The smallest absolute Gasteiger partial charge is 0.190 e. The Morgan fingerprint density at radius 2 is 0.782 bits per heavy atom. The lowest BCUT2D eigenvalue weighted by molar-refractivity contribution is -0.207. The van der Waals surface area contributed by atoms with Crippen LogP contribution < -0.4 is 0 Å². The third kappa shape index (κ3) is 8.23. The SMILES string of the molecule is C[C@]12CCC(=O)C=C1CC[C@@H]1[C@@H]2[C@@H](O)C[C@@]2(C)[C@H]1CC[C@]2(O)C(=O)CO.C[C@]12CCC(=O)C=C1CC[C@@H]1[C@@H]2[C@@H](O)C[C@@]2(C)[C@H]1CC[C@]2(O)C(O)CO.C[C@]12CCC(=O)C=C1CC[C@@H]1[C@@H]2[C@@H](O)C[C@@]2(C)[C@H]1CC[C@]2(O)C(O)CO. The number of fused-ring (bicyclic) bond motifs is 15. The van der Waals surface area contributed by atoms with Crippen LogP contribution in [0.3, 0.4) is 0 Å². The van der Waals surface area contributed by atoms with Gasteiger partial charge in [-0.2, -0.15) is 0 Å².